The number of fused-ring (bicyclic) bond motifs is 1. The highest BCUT2D eigenvalue weighted by atomic mass is 35.5. The Kier molecular flexibility index (Phi) is 6.07. The number of hydrogen-bond acceptors (Lipinski definition) is 2. The van der Waals surface area contributed by atoms with Crippen LogP contribution < -0.4 is 5.32 Å². The van der Waals surface area contributed by atoms with Gasteiger partial charge in [0.05, 0.1) is 11.3 Å². The number of anilines is 1. The molecule has 0 atom stereocenters. The van der Waals surface area contributed by atoms with Gasteiger partial charge in [-0.25, -0.2) is 0 Å². The molecule has 0 aliphatic rings. The molecule has 0 unspecified atom stereocenters. The molecular weight excluding hydrogens is 453 g/mol. The molecule has 0 spiro atoms. The summed E-state index contributed by atoms with van der Waals surface area (Å²) in [6.07, 6.45) is -2.10. The monoisotopic (exact) mass is 468 g/mol. The Balaban J connectivity index is 1.66. The van der Waals surface area contributed by atoms with E-state index in [1.165, 1.54) is 18.2 Å². The Hall–Kier alpha value is -3.84. The lowest BCUT2D eigenvalue weighted by Crippen LogP contribution is -2.12. The van der Waals surface area contributed by atoms with Crippen LogP contribution in [0.25, 0.3) is 17.0 Å². The number of alkyl halides is 3. The average molecular weight is 469 g/mol. The molecule has 0 saturated carbocycles. The summed E-state index contributed by atoms with van der Waals surface area (Å²) in [5.74, 6) is -0.939. The van der Waals surface area contributed by atoms with Crippen molar-refractivity contribution in [2.24, 2.45) is 0 Å². The second-order valence-electron chi connectivity index (χ2n) is 7.21. The van der Waals surface area contributed by atoms with Gasteiger partial charge in [-0.2, -0.15) is 13.2 Å². The Bertz CT molecular complexity index is 1380. The fourth-order valence-corrected chi connectivity index (χ4v) is 3.53. The number of carbonyl (C=O) groups is 2. The van der Waals surface area contributed by atoms with Crippen LogP contribution in [0.5, 0.6) is 0 Å². The average Bonchev–Trinajstić information content (AvgIpc) is 3.14. The van der Waals surface area contributed by atoms with Gasteiger partial charge in [0.2, 0.25) is 11.7 Å². The number of H-pyrrole nitrogens is 1. The van der Waals surface area contributed by atoms with Gasteiger partial charge in [0.1, 0.15) is 5.69 Å². The number of aromatic amines is 1. The highest BCUT2D eigenvalue weighted by Crippen LogP contribution is 2.32. The van der Waals surface area contributed by atoms with Crippen LogP contribution in [0.15, 0.2) is 78.9 Å². The highest BCUT2D eigenvalue weighted by Gasteiger charge is 2.30. The summed E-state index contributed by atoms with van der Waals surface area (Å²) in [6, 6.07) is 18.1. The Morgan fingerprint density at radius 3 is 2.42 bits per heavy atom. The van der Waals surface area contributed by atoms with Crippen LogP contribution in [-0.2, 0) is 11.0 Å². The number of rotatable bonds is 5. The molecule has 1 amide bonds. The van der Waals surface area contributed by atoms with Crippen LogP contribution in [0.3, 0.4) is 0 Å². The normalized spacial score (nSPS) is 11.8. The third-order valence-electron chi connectivity index (χ3n) is 4.91. The number of nitrogens with one attached hydrogen (secondary N) is 2. The SMILES string of the molecule is O=C(/C=C/c1cccc(C(F)(F)F)c1)Nc1c(C(=O)c2ccccc2)[nH]c2cc(Cl)ccc12. The first-order chi connectivity index (χ1) is 15.7. The molecule has 0 aliphatic carbocycles. The molecular formula is C25H16ClF3N2O2. The van der Waals surface area contributed by atoms with Crippen molar-refractivity contribution < 1.29 is 22.8 Å². The molecule has 0 radical (unpaired) electrons. The zero-order valence-corrected chi connectivity index (χ0v) is 17.7. The summed E-state index contributed by atoms with van der Waals surface area (Å²) in [7, 11) is 0. The van der Waals surface area contributed by atoms with Crippen molar-refractivity contribution in [2.45, 2.75) is 6.18 Å². The maximum atomic E-state index is 13.1. The molecule has 0 saturated heterocycles. The first-order valence-corrected chi connectivity index (χ1v) is 10.2. The van der Waals surface area contributed by atoms with E-state index in [1.807, 2.05) is 0 Å². The second kappa shape index (κ2) is 8.96. The van der Waals surface area contributed by atoms with Crippen LogP contribution >= 0.6 is 11.6 Å². The third-order valence-corrected chi connectivity index (χ3v) is 5.15. The van der Waals surface area contributed by atoms with Gasteiger partial charge >= 0.3 is 6.18 Å². The minimum absolute atomic E-state index is 0.166. The number of aromatic nitrogens is 1. The van der Waals surface area contributed by atoms with Gasteiger partial charge < -0.3 is 10.3 Å². The van der Waals surface area contributed by atoms with Gasteiger partial charge in [-0.05, 0) is 42.0 Å². The second-order valence-corrected chi connectivity index (χ2v) is 7.64. The Morgan fingerprint density at radius 1 is 0.939 bits per heavy atom. The quantitative estimate of drug-likeness (QED) is 0.252. The van der Waals surface area contributed by atoms with E-state index in [0.717, 1.165) is 18.2 Å². The van der Waals surface area contributed by atoms with Gasteiger partial charge in [0.15, 0.2) is 0 Å². The van der Waals surface area contributed by atoms with E-state index in [9.17, 15) is 22.8 Å². The smallest absolute Gasteiger partial charge is 0.350 e. The van der Waals surface area contributed by atoms with Gasteiger partial charge in [-0.1, -0.05) is 54.1 Å². The van der Waals surface area contributed by atoms with E-state index in [4.69, 9.17) is 11.6 Å². The number of benzene rings is 3. The lowest BCUT2D eigenvalue weighted by atomic mass is 10.1. The van der Waals surface area contributed by atoms with Crippen LogP contribution in [0.1, 0.15) is 27.2 Å². The molecule has 4 nitrogen and oxygen atoms in total. The van der Waals surface area contributed by atoms with Gasteiger partial charge in [-0.3, -0.25) is 9.59 Å². The van der Waals surface area contributed by atoms with E-state index in [1.54, 1.807) is 48.5 Å². The molecule has 3 aromatic carbocycles. The number of hydrogen-bond donors (Lipinski definition) is 2. The van der Waals surface area contributed by atoms with E-state index < -0.39 is 17.6 Å². The zero-order valence-electron chi connectivity index (χ0n) is 16.9. The minimum atomic E-state index is -4.48. The van der Waals surface area contributed by atoms with Crippen LogP contribution in [0.2, 0.25) is 5.02 Å². The van der Waals surface area contributed by atoms with Crippen molar-refractivity contribution in [2.75, 3.05) is 5.32 Å². The van der Waals surface area contributed by atoms with Gasteiger partial charge in [-0.15, -0.1) is 0 Å². The predicted octanol–water partition coefficient (Wildman–Crippen LogP) is 6.72. The minimum Gasteiger partial charge on any atom is -0.350 e. The molecule has 2 N–H and O–H groups in total. The largest absolute Gasteiger partial charge is 0.416 e. The van der Waals surface area contributed by atoms with Crippen LogP contribution in [0.4, 0.5) is 18.9 Å². The van der Waals surface area contributed by atoms with Crippen molar-refractivity contribution in [1.82, 2.24) is 4.98 Å². The van der Waals surface area contributed by atoms with E-state index in [0.29, 0.717) is 21.5 Å². The molecule has 1 heterocycles. The standard InChI is InChI=1S/C25H16ClF3N2O2/c26-18-10-11-19-20(14-18)30-23(24(33)16-6-2-1-3-7-16)22(19)31-21(32)12-9-15-5-4-8-17(13-15)25(27,28)29/h1-14,30H,(H,31,32)/b12-9+. The number of carbonyl (C=O) groups excluding carboxylic acids is 2. The van der Waals surface area contributed by atoms with Crippen LogP contribution in [0, 0.1) is 0 Å². The van der Waals surface area contributed by atoms with Crippen molar-refractivity contribution in [3.05, 3.63) is 106 Å². The van der Waals surface area contributed by atoms with Crippen molar-refractivity contribution in [1.29, 1.82) is 0 Å². The maximum Gasteiger partial charge on any atom is 0.416 e. The summed E-state index contributed by atoms with van der Waals surface area (Å²) in [5.41, 5.74) is 0.804. The predicted molar refractivity (Wildman–Crippen MR) is 122 cm³/mol. The molecule has 0 fully saturated rings. The van der Waals surface area contributed by atoms with Crippen LogP contribution in [-0.4, -0.2) is 16.7 Å². The van der Waals surface area contributed by atoms with E-state index in [2.05, 4.69) is 10.3 Å². The highest BCUT2D eigenvalue weighted by molar-refractivity contribution is 6.31. The molecule has 33 heavy (non-hydrogen) atoms. The summed E-state index contributed by atoms with van der Waals surface area (Å²) < 4.78 is 38.7. The van der Waals surface area contributed by atoms with E-state index >= 15 is 0 Å². The van der Waals surface area contributed by atoms with E-state index in [-0.39, 0.29) is 22.7 Å². The molecule has 0 bridgehead atoms. The van der Waals surface area contributed by atoms with Crippen molar-refractivity contribution in [3.8, 4) is 0 Å². The van der Waals surface area contributed by atoms with Gasteiger partial charge in [0, 0.05) is 27.6 Å². The Morgan fingerprint density at radius 2 is 1.70 bits per heavy atom. The number of halogens is 4. The molecule has 166 valence electrons. The lowest BCUT2D eigenvalue weighted by molar-refractivity contribution is -0.137. The van der Waals surface area contributed by atoms with Crippen molar-refractivity contribution >= 4 is 46.0 Å². The first-order valence-electron chi connectivity index (χ1n) is 9.79. The fraction of sp³-hybridized carbons (Fsp3) is 0.0400. The molecule has 8 heteroatoms. The topological polar surface area (TPSA) is 62.0 Å². The molecule has 0 aliphatic heterocycles. The number of amides is 1. The fourth-order valence-electron chi connectivity index (χ4n) is 3.36. The van der Waals surface area contributed by atoms with Gasteiger partial charge in [0.25, 0.3) is 0 Å². The third kappa shape index (κ3) is 4.99. The summed E-state index contributed by atoms with van der Waals surface area (Å²) >= 11 is 6.06. The zero-order chi connectivity index (χ0) is 23.6. The number of ketones is 1. The Labute approximate surface area is 191 Å². The first kappa shape index (κ1) is 22.4. The molecule has 4 aromatic rings. The van der Waals surface area contributed by atoms with Crippen molar-refractivity contribution in [3.63, 3.8) is 0 Å². The summed E-state index contributed by atoms with van der Waals surface area (Å²) in [6.45, 7) is 0. The summed E-state index contributed by atoms with van der Waals surface area (Å²) in [4.78, 5) is 28.7. The molecule has 1 aromatic heterocycles. The lowest BCUT2D eigenvalue weighted by Gasteiger charge is -2.07. The molecule has 4 rings (SSSR count). The maximum absolute atomic E-state index is 13.1. The summed E-state index contributed by atoms with van der Waals surface area (Å²) in [5, 5.41) is 3.69.